The topological polar surface area (TPSA) is 60.2 Å². The van der Waals surface area contributed by atoms with Crippen molar-refractivity contribution in [3.63, 3.8) is 0 Å². The van der Waals surface area contributed by atoms with E-state index >= 15 is 0 Å². The Morgan fingerprint density at radius 2 is 2.21 bits per heavy atom. The minimum Gasteiger partial charge on any atom is -0.295 e. The Morgan fingerprint density at radius 1 is 1.57 bits per heavy atom. The Hall–Kier alpha value is -1.19. The molecule has 2 atom stereocenters. The van der Waals surface area contributed by atoms with Gasteiger partial charge in [-0.2, -0.15) is 0 Å². The van der Waals surface area contributed by atoms with E-state index in [1.54, 1.807) is 6.08 Å². The monoisotopic (exact) mass is 195 g/mol. The van der Waals surface area contributed by atoms with Crippen LogP contribution >= 0.6 is 0 Å². The van der Waals surface area contributed by atoms with Crippen molar-refractivity contribution >= 4 is 5.78 Å². The van der Waals surface area contributed by atoms with Crippen LogP contribution in [0.2, 0.25) is 0 Å². The van der Waals surface area contributed by atoms with Crippen molar-refractivity contribution in [2.75, 3.05) is 0 Å². The second kappa shape index (κ2) is 2.65. The fourth-order valence-corrected chi connectivity index (χ4v) is 2.73. The van der Waals surface area contributed by atoms with E-state index in [0.717, 1.165) is 0 Å². The standard InChI is InChI=1S/C10H13NO3/c1-10(2)5-7-6(3-4-8(7)12)9(10)11(13)14/h5-6,9H,3-4H2,1-2H3. The molecule has 0 amide bonds. The molecule has 0 heterocycles. The highest BCUT2D eigenvalue weighted by Gasteiger charge is 2.54. The summed E-state index contributed by atoms with van der Waals surface area (Å²) in [5, 5.41) is 10.9. The highest BCUT2D eigenvalue weighted by Crippen LogP contribution is 2.47. The van der Waals surface area contributed by atoms with Gasteiger partial charge in [0.15, 0.2) is 5.78 Å². The minimum absolute atomic E-state index is 0.104. The maximum absolute atomic E-state index is 11.4. The lowest BCUT2D eigenvalue weighted by Gasteiger charge is -2.21. The number of carbonyl (C=O) groups is 1. The van der Waals surface area contributed by atoms with Crippen LogP contribution in [-0.2, 0) is 4.79 Å². The Kier molecular flexibility index (Phi) is 1.77. The molecular formula is C10H13NO3. The fourth-order valence-electron chi connectivity index (χ4n) is 2.73. The zero-order chi connectivity index (χ0) is 10.5. The molecule has 4 nitrogen and oxygen atoms in total. The normalized spacial score (nSPS) is 34.1. The van der Waals surface area contributed by atoms with Crippen LogP contribution in [0, 0.1) is 21.4 Å². The van der Waals surface area contributed by atoms with Crippen LogP contribution in [0.15, 0.2) is 11.6 Å². The lowest BCUT2D eigenvalue weighted by molar-refractivity contribution is -0.542. The molecule has 2 rings (SSSR count). The molecule has 1 fully saturated rings. The van der Waals surface area contributed by atoms with E-state index in [-0.39, 0.29) is 16.6 Å². The molecule has 14 heavy (non-hydrogen) atoms. The predicted octanol–water partition coefficient (Wildman–Crippen LogP) is 1.58. The number of nitro groups is 1. The highest BCUT2D eigenvalue weighted by molar-refractivity contribution is 5.99. The summed E-state index contributed by atoms with van der Waals surface area (Å²) < 4.78 is 0. The molecule has 0 aliphatic heterocycles. The average molecular weight is 195 g/mol. The Labute approximate surface area is 82.1 Å². The third-order valence-electron chi connectivity index (χ3n) is 3.30. The van der Waals surface area contributed by atoms with Crippen molar-refractivity contribution in [1.82, 2.24) is 0 Å². The molecule has 0 N–H and O–H groups in total. The number of fused-ring (bicyclic) bond motifs is 1. The molecule has 0 aromatic rings. The number of nitrogens with zero attached hydrogens (tertiary/aromatic N) is 1. The molecule has 4 heteroatoms. The molecule has 2 unspecified atom stereocenters. The van der Waals surface area contributed by atoms with Crippen molar-refractivity contribution < 1.29 is 9.72 Å². The van der Waals surface area contributed by atoms with E-state index in [1.807, 2.05) is 13.8 Å². The maximum Gasteiger partial charge on any atom is 0.228 e. The first-order valence-corrected chi connectivity index (χ1v) is 4.83. The Morgan fingerprint density at radius 3 is 2.79 bits per heavy atom. The van der Waals surface area contributed by atoms with Gasteiger partial charge in [0.25, 0.3) is 0 Å². The maximum atomic E-state index is 11.4. The van der Waals surface area contributed by atoms with Crippen molar-refractivity contribution in [1.29, 1.82) is 0 Å². The molecule has 1 saturated carbocycles. The van der Waals surface area contributed by atoms with E-state index in [9.17, 15) is 14.9 Å². The van der Waals surface area contributed by atoms with Crippen molar-refractivity contribution in [3.8, 4) is 0 Å². The summed E-state index contributed by atoms with van der Waals surface area (Å²) >= 11 is 0. The zero-order valence-corrected chi connectivity index (χ0v) is 8.32. The van der Waals surface area contributed by atoms with Crippen molar-refractivity contribution in [3.05, 3.63) is 21.8 Å². The van der Waals surface area contributed by atoms with E-state index in [1.165, 1.54) is 0 Å². The van der Waals surface area contributed by atoms with Gasteiger partial charge in [-0.1, -0.05) is 6.08 Å². The van der Waals surface area contributed by atoms with Gasteiger partial charge in [0.05, 0.1) is 11.3 Å². The highest BCUT2D eigenvalue weighted by atomic mass is 16.6. The van der Waals surface area contributed by atoms with Gasteiger partial charge in [0, 0.05) is 16.9 Å². The fraction of sp³-hybridized carbons (Fsp3) is 0.700. The van der Waals surface area contributed by atoms with Crippen LogP contribution in [0.3, 0.4) is 0 Å². The number of Topliss-reactive ketones (excluding diaryl/α,β-unsaturated/α-hetero) is 1. The van der Waals surface area contributed by atoms with Crippen LogP contribution in [-0.4, -0.2) is 16.7 Å². The van der Waals surface area contributed by atoms with Gasteiger partial charge in [-0.15, -0.1) is 0 Å². The summed E-state index contributed by atoms with van der Waals surface area (Å²) in [5.74, 6) is -0.0278. The Balaban J connectivity index is 2.41. The van der Waals surface area contributed by atoms with Crippen molar-refractivity contribution in [2.24, 2.45) is 11.3 Å². The summed E-state index contributed by atoms with van der Waals surface area (Å²) in [6, 6.07) is -0.607. The lowest BCUT2D eigenvalue weighted by Crippen LogP contribution is -2.36. The van der Waals surface area contributed by atoms with Crippen molar-refractivity contribution in [2.45, 2.75) is 32.7 Å². The summed E-state index contributed by atoms with van der Waals surface area (Å²) in [5.41, 5.74) is 0.233. The second-order valence-electron chi connectivity index (χ2n) is 4.72. The molecular weight excluding hydrogens is 182 g/mol. The first-order chi connectivity index (χ1) is 6.43. The lowest BCUT2D eigenvalue weighted by atomic mass is 9.84. The summed E-state index contributed by atoms with van der Waals surface area (Å²) in [6.45, 7) is 3.66. The van der Waals surface area contributed by atoms with Crippen LogP contribution in [0.25, 0.3) is 0 Å². The number of rotatable bonds is 1. The van der Waals surface area contributed by atoms with E-state index in [4.69, 9.17) is 0 Å². The van der Waals surface area contributed by atoms with Gasteiger partial charge in [0.2, 0.25) is 6.04 Å². The zero-order valence-electron chi connectivity index (χ0n) is 8.32. The largest absolute Gasteiger partial charge is 0.295 e. The summed E-state index contributed by atoms with van der Waals surface area (Å²) in [7, 11) is 0. The van der Waals surface area contributed by atoms with Gasteiger partial charge in [-0.3, -0.25) is 14.9 Å². The van der Waals surface area contributed by atoms with Gasteiger partial charge in [0.1, 0.15) is 0 Å². The molecule has 0 aromatic heterocycles. The second-order valence-corrected chi connectivity index (χ2v) is 4.72. The van der Waals surface area contributed by atoms with E-state index in [2.05, 4.69) is 0 Å². The van der Waals surface area contributed by atoms with Crippen LogP contribution in [0.5, 0.6) is 0 Å². The first kappa shape index (κ1) is 9.37. The SMILES string of the molecule is CC1(C)C=C2C(=O)CCC2C1[N+](=O)[O-]. The number of hydrogen-bond acceptors (Lipinski definition) is 3. The van der Waals surface area contributed by atoms with Crippen LogP contribution in [0.4, 0.5) is 0 Å². The van der Waals surface area contributed by atoms with Gasteiger partial charge >= 0.3 is 0 Å². The van der Waals surface area contributed by atoms with Gasteiger partial charge in [-0.25, -0.2) is 0 Å². The number of carbonyl (C=O) groups excluding carboxylic acids is 1. The molecule has 0 radical (unpaired) electrons. The molecule has 0 saturated heterocycles. The number of ketones is 1. The van der Waals surface area contributed by atoms with E-state index < -0.39 is 11.5 Å². The van der Waals surface area contributed by atoms with Crippen LogP contribution < -0.4 is 0 Å². The van der Waals surface area contributed by atoms with Gasteiger partial charge in [-0.05, 0) is 20.3 Å². The predicted molar refractivity (Wildman–Crippen MR) is 50.4 cm³/mol. The quantitative estimate of drug-likeness (QED) is 0.471. The first-order valence-electron chi connectivity index (χ1n) is 4.83. The third kappa shape index (κ3) is 1.10. The van der Waals surface area contributed by atoms with E-state index in [0.29, 0.717) is 18.4 Å². The molecule has 76 valence electrons. The van der Waals surface area contributed by atoms with Gasteiger partial charge < -0.3 is 0 Å². The summed E-state index contributed by atoms with van der Waals surface area (Å²) in [4.78, 5) is 22.1. The summed E-state index contributed by atoms with van der Waals surface area (Å²) in [6.07, 6.45) is 2.94. The third-order valence-corrected chi connectivity index (χ3v) is 3.30. The molecule has 2 aliphatic carbocycles. The molecule has 2 aliphatic rings. The average Bonchev–Trinajstić information content (AvgIpc) is 2.47. The molecule has 0 bridgehead atoms. The number of hydrogen-bond donors (Lipinski definition) is 0. The smallest absolute Gasteiger partial charge is 0.228 e. The molecule has 0 spiro atoms. The minimum atomic E-state index is -0.607. The molecule has 0 aromatic carbocycles. The Bertz CT molecular complexity index is 343. The van der Waals surface area contributed by atoms with Crippen LogP contribution in [0.1, 0.15) is 26.7 Å².